The van der Waals surface area contributed by atoms with Crippen molar-refractivity contribution < 1.29 is 22.7 Å². The van der Waals surface area contributed by atoms with Gasteiger partial charge in [0.1, 0.15) is 11.5 Å². The van der Waals surface area contributed by atoms with Crippen molar-refractivity contribution in [1.29, 1.82) is 0 Å². The minimum Gasteiger partial charge on any atom is -0.506 e. The first-order valence-corrected chi connectivity index (χ1v) is 5.32. The van der Waals surface area contributed by atoms with E-state index in [1.54, 1.807) is 0 Å². The van der Waals surface area contributed by atoms with Crippen LogP contribution in [0.5, 0.6) is 5.75 Å². The number of rotatable bonds is 1. The average Bonchev–Trinajstić information content (AvgIpc) is 2.73. The molecule has 0 aliphatic rings. The fourth-order valence-corrected chi connectivity index (χ4v) is 1.84. The Hall–Kier alpha value is -1.43. The van der Waals surface area contributed by atoms with E-state index in [1.807, 2.05) is 0 Å². The third kappa shape index (κ3) is 2.31. The Morgan fingerprint density at radius 3 is 2.47 bits per heavy atom. The molecule has 0 fully saturated rings. The molecule has 1 aromatic heterocycles. The van der Waals surface area contributed by atoms with Crippen molar-refractivity contribution in [3.8, 4) is 17.1 Å². The molecule has 6 heteroatoms. The number of hydrogen-bond acceptors (Lipinski definition) is 2. The number of furan rings is 1. The number of hydrogen-bond donors (Lipinski definition) is 1. The lowest BCUT2D eigenvalue weighted by Gasteiger charge is -2.10. The van der Waals surface area contributed by atoms with E-state index in [-0.39, 0.29) is 21.5 Å². The van der Waals surface area contributed by atoms with E-state index in [1.165, 1.54) is 18.4 Å². The highest BCUT2D eigenvalue weighted by Crippen LogP contribution is 2.41. The number of alkyl halides is 3. The summed E-state index contributed by atoms with van der Waals surface area (Å²) >= 11 is 2.88. The van der Waals surface area contributed by atoms with Crippen LogP contribution >= 0.6 is 15.9 Å². The van der Waals surface area contributed by atoms with Gasteiger partial charge < -0.3 is 9.52 Å². The van der Waals surface area contributed by atoms with Crippen molar-refractivity contribution in [2.75, 3.05) is 0 Å². The minimum absolute atomic E-state index is 0.00306. The van der Waals surface area contributed by atoms with Gasteiger partial charge in [0, 0.05) is 0 Å². The van der Waals surface area contributed by atoms with E-state index in [0.29, 0.717) is 0 Å². The van der Waals surface area contributed by atoms with Gasteiger partial charge in [-0.05, 0) is 40.2 Å². The van der Waals surface area contributed by atoms with Crippen molar-refractivity contribution in [2.45, 2.75) is 6.18 Å². The Labute approximate surface area is 103 Å². The molecule has 1 aromatic carbocycles. The minimum atomic E-state index is -4.47. The summed E-state index contributed by atoms with van der Waals surface area (Å²) in [6, 6.07) is 4.67. The second kappa shape index (κ2) is 4.10. The average molecular weight is 307 g/mol. The lowest BCUT2D eigenvalue weighted by Crippen LogP contribution is -2.05. The molecule has 0 bridgehead atoms. The van der Waals surface area contributed by atoms with Gasteiger partial charge in [0.2, 0.25) is 0 Å². The molecule has 90 valence electrons. The fraction of sp³-hybridized carbons (Fsp3) is 0.0909. The lowest BCUT2D eigenvalue weighted by atomic mass is 10.1. The van der Waals surface area contributed by atoms with Gasteiger partial charge in [-0.1, -0.05) is 0 Å². The van der Waals surface area contributed by atoms with E-state index in [2.05, 4.69) is 15.9 Å². The van der Waals surface area contributed by atoms with Gasteiger partial charge >= 0.3 is 6.18 Å². The van der Waals surface area contributed by atoms with Gasteiger partial charge in [-0.15, -0.1) is 0 Å². The van der Waals surface area contributed by atoms with Crippen molar-refractivity contribution in [2.24, 2.45) is 0 Å². The van der Waals surface area contributed by atoms with Crippen LogP contribution in [0.1, 0.15) is 5.56 Å². The standard InChI is InChI=1S/C11H6BrF3O2/c12-8-5-6(11(13,14)15)4-7(10(8)16)9-2-1-3-17-9/h1-5,16H. The summed E-state index contributed by atoms with van der Waals surface area (Å²) in [6.07, 6.45) is -3.15. The Bertz CT molecular complexity index is 532. The largest absolute Gasteiger partial charge is 0.506 e. The van der Waals surface area contributed by atoms with Crippen molar-refractivity contribution in [1.82, 2.24) is 0 Å². The first kappa shape index (κ1) is 12.0. The van der Waals surface area contributed by atoms with E-state index < -0.39 is 11.7 Å². The number of aromatic hydroxyl groups is 1. The van der Waals surface area contributed by atoms with E-state index >= 15 is 0 Å². The summed E-state index contributed by atoms with van der Waals surface area (Å²) < 4.78 is 42.7. The molecule has 0 aliphatic carbocycles. The zero-order chi connectivity index (χ0) is 12.6. The molecule has 0 unspecified atom stereocenters. The molecule has 2 aromatic rings. The maximum atomic E-state index is 12.6. The number of halogens is 4. The first-order chi connectivity index (χ1) is 7.89. The molecule has 2 nitrogen and oxygen atoms in total. The van der Waals surface area contributed by atoms with Gasteiger partial charge in [0.25, 0.3) is 0 Å². The highest BCUT2D eigenvalue weighted by molar-refractivity contribution is 9.10. The quantitative estimate of drug-likeness (QED) is 0.845. The summed E-state index contributed by atoms with van der Waals surface area (Å²) in [6.45, 7) is 0. The third-order valence-corrected chi connectivity index (χ3v) is 2.78. The molecule has 0 atom stereocenters. The molecule has 2 rings (SSSR count). The van der Waals surface area contributed by atoms with Crippen LogP contribution in [-0.4, -0.2) is 5.11 Å². The molecule has 1 N–H and O–H groups in total. The van der Waals surface area contributed by atoms with Gasteiger partial charge in [0.05, 0.1) is 21.9 Å². The summed E-state index contributed by atoms with van der Waals surface area (Å²) in [4.78, 5) is 0. The van der Waals surface area contributed by atoms with Gasteiger partial charge in [-0.25, -0.2) is 0 Å². The summed E-state index contributed by atoms with van der Waals surface area (Å²) in [5.74, 6) is -0.109. The smallest absolute Gasteiger partial charge is 0.416 e. The fourth-order valence-electron chi connectivity index (χ4n) is 1.38. The van der Waals surface area contributed by atoms with Crippen LogP contribution < -0.4 is 0 Å². The highest BCUT2D eigenvalue weighted by atomic mass is 79.9. The Balaban J connectivity index is 2.64. The van der Waals surface area contributed by atoms with Gasteiger partial charge in [-0.2, -0.15) is 13.2 Å². The normalized spacial score (nSPS) is 11.8. The molecule has 0 saturated carbocycles. The van der Waals surface area contributed by atoms with E-state index in [9.17, 15) is 18.3 Å². The van der Waals surface area contributed by atoms with Crippen LogP contribution in [0.3, 0.4) is 0 Å². The van der Waals surface area contributed by atoms with Crippen LogP contribution in [0.2, 0.25) is 0 Å². The second-order valence-corrected chi connectivity index (χ2v) is 4.18. The van der Waals surface area contributed by atoms with Crippen molar-refractivity contribution in [3.05, 3.63) is 40.6 Å². The second-order valence-electron chi connectivity index (χ2n) is 3.33. The maximum absolute atomic E-state index is 12.6. The summed E-state index contributed by atoms with van der Waals surface area (Å²) in [5.41, 5.74) is -0.856. The third-order valence-electron chi connectivity index (χ3n) is 2.18. The monoisotopic (exact) mass is 306 g/mol. The molecular formula is C11H6BrF3O2. The molecule has 0 radical (unpaired) electrons. The van der Waals surface area contributed by atoms with E-state index in [4.69, 9.17) is 4.42 Å². The Kier molecular flexibility index (Phi) is 2.91. The molecular weight excluding hydrogens is 301 g/mol. The topological polar surface area (TPSA) is 33.4 Å². The molecule has 0 aliphatic heterocycles. The lowest BCUT2D eigenvalue weighted by molar-refractivity contribution is -0.137. The van der Waals surface area contributed by atoms with Crippen LogP contribution in [0.25, 0.3) is 11.3 Å². The molecule has 1 heterocycles. The molecule has 0 spiro atoms. The highest BCUT2D eigenvalue weighted by Gasteiger charge is 2.32. The maximum Gasteiger partial charge on any atom is 0.416 e. The van der Waals surface area contributed by atoms with E-state index in [0.717, 1.165) is 12.1 Å². The molecule has 0 saturated heterocycles. The van der Waals surface area contributed by atoms with Gasteiger partial charge in [0.15, 0.2) is 0 Å². The predicted molar refractivity (Wildman–Crippen MR) is 58.5 cm³/mol. The Morgan fingerprint density at radius 1 is 1.24 bits per heavy atom. The first-order valence-electron chi connectivity index (χ1n) is 4.53. The van der Waals surface area contributed by atoms with Crippen LogP contribution in [-0.2, 0) is 6.18 Å². The number of phenolic OH excluding ortho intramolecular Hbond substituents is 1. The SMILES string of the molecule is Oc1c(Br)cc(C(F)(F)F)cc1-c1ccco1. The summed E-state index contributed by atoms with van der Waals surface area (Å²) in [5, 5.41) is 9.69. The van der Waals surface area contributed by atoms with Gasteiger partial charge in [-0.3, -0.25) is 0 Å². The Morgan fingerprint density at radius 2 is 1.94 bits per heavy atom. The molecule has 0 amide bonds. The summed E-state index contributed by atoms with van der Waals surface area (Å²) in [7, 11) is 0. The molecule has 17 heavy (non-hydrogen) atoms. The van der Waals surface area contributed by atoms with Crippen molar-refractivity contribution >= 4 is 15.9 Å². The van der Waals surface area contributed by atoms with Crippen LogP contribution in [0.4, 0.5) is 13.2 Å². The predicted octanol–water partition coefficient (Wildman–Crippen LogP) is 4.43. The van der Waals surface area contributed by atoms with Crippen LogP contribution in [0, 0.1) is 0 Å². The zero-order valence-electron chi connectivity index (χ0n) is 8.25. The van der Waals surface area contributed by atoms with Crippen molar-refractivity contribution in [3.63, 3.8) is 0 Å². The van der Waals surface area contributed by atoms with Crippen LogP contribution in [0.15, 0.2) is 39.4 Å². The number of benzene rings is 1. The zero-order valence-corrected chi connectivity index (χ0v) is 9.84. The number of phenols is 1.